The van der Waals surface area contributed by atoms with Crippen LogP contribution in [0.25, 0.3) is 0 Å². The lowest BCUT2D eigenvalue weighted by Crippen LogP contribution is -2.48. The van der Waals surface area contributed by atoms with Crippen molar-refractivity contribution >= 4 is 5.91 Å². The van der Waals surface area contributed by atoms with Crippen LogP contribution in [0.2, 0.25) is 0 Å². The molecule has 1 aromatic heterocycles. The molecule has 1 saturated carbocycles. The van der Waals surface area contributed by atoms with Gasteiger partial charge in [-0.05, 0) is 25.2 Å². The van der Waals surface area contributed by atoms with Crippen LogP contribution in [-0.2, 0) is 29.2 Å². The molecule has 1 amide bonds. The fourth-order valence-corrected chi connectivity index (χ4v) is 3.00. The fourth-order valence-electron chi connectivity index (χ4n) is 3.00. The van der Waals surface area contributed by atoms with E-state index in [1.165, 1.54) is 12.8 Å². The van der Waals surface area contributed by atoms with Gasteiger partial charge in [0.25, 0.3) is 0 Å². The van der Waals surface area contributed by atoms with Crippen molar-refractivity contribution in [1.29, 1.82) is 0 Å². The van der Waals surface area contributed by atoms with Crippen molar-refractivity contribution < 1.29 is 9.53 Å². The fraction of sp³-hybridized carbons (Fsp3) is 0.786. The number of hydrazine groups is 1. The summed E-state index contributed by atoms with van der Waals surface area (Å²) in [5, 5.41) is 8.46. The topological polar surface area (TPSA) is 84.3 Å². The van der Waals surface area contributed by atoms with Gasteiger partial charge in [-0.3, -0.25) is 10.2 Å². The molecular weight excluding hydrogens is 284 g/mol. The highest BCUT2D eigenvalue weighted by Gasteiger charge is 2.31. The third-order valence-corrected chi connectivity index (χ3v) is 4.56. The first kappa shape index (κ1) is 14.1. The average molecular weight is 306 g/mol. The lowest BCUT2D eigenvalue weighted by molar-refractivity contribution is -0.134. The predicted molar refractivity (Wildman–Crippen MR) is 77.4 cm³/mol. The molecule has 0 bridgehead atoms. The van der Waals surface area contributed by atoms with Crippen molar-refractivity contribution in [1.82, 2.24) is 30.5 Å². The van der Waals surface area contributed by atoms with Gasteiger partial charge in [0.05, 0.1) is 6.54 Å². The molecule has 8 nitrogen and oxygen atoms in total. The maximum atomic E-state index is 12.4. The second-order valence-electron chi connectivity index (χ2n) is 6.31. The zero-order valence-electron chi connectivity index (χ0n) is 12.6. The second-order valence-corrected chi connectivity index (χ2v) is 6.31. The molecule has 22 heavy (non-hydrogen) atoms. The molecule has 1 aliphatic carbocycles. The molecule has 2 N–H and O–H groups in total. The third kappa shape index (κ3) is 2.86. The number of hydrogen-bond donors (Lipinski definition) is 2. The Morgan fingerprint density at radius 2 is 2.18 bits per heavy atom. The number of nitrogens with zero attached hydrogens (tertiary/aromatic N) is 4. The van der Waals surface area contributed by atoms with Crippen molar-refractivity contribution in [2.45, 2.75) is 45.0 Å². The number of carbonyl (C=O) groups is 1. The monoisotopic (exact) mass is 306 g/mol. The van der Waals surface area contributed by atoms with Crippen LogP contribution in [0, 0.1) is 5.92 Å². The minimum absolute atomic E-state index is 0.115. The standard InChI is InChI=1S/C14H22N6O2/c21-14(11-3-4-15-16-11)19-5-6-20-12(7-19)17-18-13(20)9-22-8-10-1-2-10/h10-11,15-16H,1-9H2. The molecular formula is C14H22N6O2. The van der Waals surface area contributed by atoms with Crippen molar-refractivity contribution in [3.8, 4) is 0 Å². The summed E-state index contributed by atoms with van der Waals surface area (Å²) >= 11 is 0. The number of nitrogens with one attached hydrogen (secondary N) is 2. The molecule has 8 heteroatoms. The first-order chi connectivity index (χ1) is 10.8. The van der Waals surface area contributed by atoms with Crippen LogP contribution in [-0.4, -0.2) is 51.3 Å². The maximum Gasteiger partial charge on any atom is 0.241 e. The van der Waals surface area contributed by atoms with Crippen LogP contribution in [0.1, 0.15) is 30.9 Å². The Hall–Kier alpha value is -1.51. The molecule has 1 aromatic rings. The van der Waals surface area contributed by atoms with Gasteiger partial charge in [-0.25, -0.2) is 5.43 Å². The van der Waals surface area contributed by atoms with E-state index in [0.717, 1.165) is 43.7 Å². The summed E-state index contributed by atoms with van der Waals surface area (Å²) in [5.41, 5.74) is 6.03. The van der Waals surface area contributed by atoms with Crippen LogP contribution in [0.15, 0.2) is 0 Å². The van der Waals surface area contributed by atoms with E-state index in [1.807, 2.05) is 4.90 Å². The number of ether oxygens (including phenoxy) is 1. The van der Waals surface area contributed by atoms with Gasteiger partial charge in [0.15, 0.2) is 11.6 Å². The Kier molecular flexibility index (Phi) is 3.81. The highest BCUT2D eigenvalue weighted by Crippen LogP contribution is 2.29. The van der Waals surface area contributed by atoms with E-state index in [-0.39, 0.29) is 11.9 Å². The van der Waals surface area contributed by atoms with Crippen molar-refractivity contribution in [2.24, 2.45) is 5.92 Å². The second kappa shape index (κ2) is 5.94. The van der Waals surface area contributed by atoms with Gasteiger partial charge in [-0.1, -0.05) is 0 Å². The molecule has 0 radical (unpaired) electrons. The molecule has 3 aliphatic rings. The molecule has 1 saturated heterocycles. The normalized spacial score (nSPS) is 24.5. The summed E-state index contributed by atoms with van der Waals surface area (Å²) in [4.78, 5) is 14.3. The van der Waals surface area contributed by atoms with Crippen LogP contribution in [0.5, 0.6) is 0 Å². The molecule has 3 heterocycles. The molecule has 4 rings (SSSR count). The number of amides is 1. The highest BCUT2D eigenvalue weighted by atomic mass is 16.5. The van der Waals surface area contributed by atoms with Gasteiger partial charge in [-0.15, -0.1) is 10.2 Å². The summed E-state index contributed by atoms with van der Waals surface area (Å²) in [6, 6.07) is -0.115. The van der Waals surface area contributed by atoms with E-state index < -0.39 is 0 Å². The minimum atomic E-state index is -0.115. The largest absolute Gasteiger partial charge is 0.373 e. The Balaban J connectivity index is 1.36. The van der Waals surface area contributed by atoms with Gasteiger partial charge in [0.1, 0.15) is 12.6 Å². The number of hydrogen-bond acceptors (Lipinski definition) is 6. The Bertz CT molecular complexity index is 550. The van der Waals surface area contributed by atoms with E-state index >= 15 is 0 Å². The van der Waals surface area contributed by atoms with Crippen molar-refractivity contribution in [3.63, 3.8) is 0 Å². The van der Waals surface area contributed by atoms with Crippen molar-refractivity contribution in [2.75, 3.05) is 19.7 Å². The summed E-state index contributed by atoms with van der Waals surface area (Å²) in [6.07, 6.45) is 3.42. The number of rotatable bonds is 5. The smallest absolute Gasteiger partial charge is 0.241 e. The molecule has 2 aliphatic heterocycles. The Morgan fingerprint density at radius 1 is 1.27 bits per heavy atom. The molecule has 0 aromatic carbocycles. The Morgan fingerprint density at radius 3 is 2.95 bits per heavy atom. The zero-order valence-corrected chi connectivity index (χ0v) is 12.6. The van der Waals surface area contributed by atoms with E-state index in [4.69, 9.17) is 4.74 Å². The summed E-state index contributed by atoms with van der Waals surface area (Å²) in [6.45, 7) is 4.17. The van der Waals surface area contributed by atoms with E-state index in [0.29, 0.717) is 19.7 Å². The van der Waals surface area contributed by atoms with Crippen LogP contribution in [0.3, 0.4) is 0 Å². The van der Waals surface area contributed by atoms with E-state index in [1.54, 1.807) is 0 Å². The lowest BCUT2D eigenvalue weighted by Gasteiger charge is -2.29. The first-order valence-electron chi connectivity index (χ1n) is 8.07. The Labute approximate surface area is 129 Å². The molecule has 120 valence electrons. The van der Waals surface area contributed by atoms with Crippen molar-refractivity contribution in [3.05, 3.63) is 11.6 Å². The van der Waals surface area contributed by atoms with Gasteiger partial charge in [-0.2, -0.15) is 0 Å². The van der Waals surface area contributed by atoms with Crippen LogP contribution >= 0.6 is 0 Å². The highest BCUT2D eigenvalue weighted by molar-refractivity contribution is 5.82. The summed E-state index contributed by atoms with van der Waals surface area (Å²) < 4.78 is 7.80. The van der Waals surface area contributed by atoms with E-state index in [2.05, 4.69) is 25.6 Å². The SMILES string of the molecule is O=C(C1CCNN1)N1CCn2c(COCC3CC3)nnc2C1. The number of carbonyl (C=O) groups excluding carboxylic acids is 1. The molecule has 1 atom stereocenters. The minimum Gasteiger partial charge on any atom is -0.373 e. The molecule has 1 unspecified atom stereocenters. The molecule has 2 fully saturated rings. The number of aromatic nitrogens is 3. The first-order valence-corrected chi connectivity index (χ1v) is 8.07. The lowest BCUT2D eigenvalue weighted by atomic mass is 10.2. The van der Waals surface area contributed by atoms with Crippen LogP contribution in [0.4, 0.5) is 0 Å². The predicted octanol–water partition coefficient (Wildman–Crippen LogP) is -0.587. The average Bonchev–Trinajstić information content (AvgIpc) is 3.05. The summed E-state index contributed by atoms with van der Waals surface area (Å²) in [5.74, 6) is 2.63. The third-order valence-electron chi connectivity index (χ3n) is 4.56. The zero-order chi connectivity index (χ0) is 14.9. The maximum absolute atomic E-state index is 12.4. The van der Waals surface area contributed by atoms with Crippen LogP contribution < -0.4 is 10.9 Å². The van der Waals surface area contributed by atoms with Gasteiger partial charge < -0.3 is 14.2 Å². The van der Waals surface area contributed by atoms with Gasteiger partial charge in [0.2, 0.25) is 5.91 Å². The van der Waals surface area contributed by atoms with E-state index in [9.17, 15) is 4.79 Å². The quantitative estimate of drug-likeness (QED) is 0.757. The van der Waals surface area contributed by atoms with Gasteiger partial charge in [0, 0.05) is 26.2 Å². The van der Waals surface area contributed by atoms with Gasteiger partial charge >= 0.3 is 0 Å². The molecule has 0 spiro atoms. The summed E-state index contributed by atoms with van der Waals surface area (Å²) in [7, 11) is 0. The number of fused-ring (bicyclic) bond motifs is 1.